The van der Waals surface area contributed by atoms with Gasteiger partial charge in [0.05, 0.1) is 18.0 Å². The Morgan fingerprint density at radius 1 is 1.29 bits per heavy atom. The Bertz CT molecular complexity index is 505. The second-order valence-corrected chi connectivity index (χ2v) is 3.81. The monoisotopic (exact) mass is 231 g/mol. The van der Waals surface area contributed by atoms with Crippen LogP contribution in [0.4, 0.5) is 0 Å². The summed E-state index contributed by atoms with van der Waals surface area (Å²) in [6, 6.07) is 9.38. The predicted molar refractivity (Wildman–Crippen MR) is 61.9 cm³/mol. The fourth-order valence-corrected chi connectivity index (χ4v) is 1.32. The fraction of sp³-hybridized carbons (Fsp3) is 0.250. The molecule has 0 spiro atoms. The molecule has 0 saturated carbocycles. The molecule has 0 bridgehead atoms. The van der Waals surface area contributed by atoms with Gasteiger partial charge in [0.2, 0.25) is 0 Å². The Kier molecular flexibility index (Phi) is 3.18. The molecular weight excluding hydrogens is 218 g/mol. The van der Waals surface area contributed by atoms with Gasteiger partial charge in [0.25, 0.3) is 0 Å². The highest BCUT2D eigenvalue weighted by Crippen LogP contribution is 2.05. The Labute approximate surface area is 99.0 Å². The third-order valence-electron chi connectivity index (χ3n) is 2.03. The number of hydrogen-bond donors (Lipinski definition) is 0. The molecule has 0 aliphatic heterocycles. The van der Waals surface area contributed by atoms with Gasteiger partial charge in [0.1, 0.15) is 0 Å². The van der Waals surface area contributed by atoms with Crippen molar-refractivity contribution in [2.45, 2.75) is 20.0 Å². The van der Waals surface area contributed by atoms with Crippen molar-refractivity contribution in [3.05, 3.63) is 42.2 Å². The maximum atomic E-state index is 11.6. The topological polar surface area (TPSA) is 57.0 Å². The molecule has 1 heterocycles. The molecule has 88 valence electrons. The average molecular weight is 231 g/mol. The highest BCUT2D eigenvalue weighted by Gasteiger charge is 2.13. The summed E-state index contributed by atoms with van der Waals surface area (Å²) in [6.45, 7) is 3.58. The van der Waals surface area contributed by atoms with Crippen LogP contribution in [0, 0.1) is 0 Å². The maximum Gasteiger partial charge on any atom is 0.360 e. The molecule has 0 amide bonds. The lowest BCUT2D eigenvalue weighted by molar-refractivity contribution is 0.0370. The summed E-state index contributed by atoms with van der Waals surface area (Å²) in [7, 11) is 0. The van der Waals surface area contributed by atoms with E-state index in [0.717, 1.165) is 5.69 Å². The maximum absolute atomic E-state index is 11.6. The molecule has 0 saturated heterocycles. The van der Waals surface area contributed by atoms with Gasteiger partial charge in [-0.3, -0.25) is 0 Å². The summed E-state index contributed by atoms with van der Waals surface area (Å²) in [6.07, 6.45) is 1.24. The van der Waals surface area contributed by atoms with E-state index >= 15 is 0 Å². The van der Waals surface area contributed by atoms with Crippen LogP contribution in [0.25, 0.3) is 5.69 Å². The van der Waals surface area contributed by atoms with Crippen LogP contribution in [0.3, 0.4) is 0 Å². The first-order valence-electron chi connectivity index (χ1n) is 5.35. The van der Waals surface area contributed by atoms with Crippen LogP contribution in [-0.2, 0) is 4.74 Å². The number of rotatable bonds is 3. The van der Waals surface area contributed by atoms with Gasteiger partial charge in [0, 0.05) is 0 Å². The van der Waals surface area contributed by atoms with Crippen LogP contribution < -0.4 is 0 Å². The average Bonchev–Trinajstić information content (AvgIpc) is 2.78. The molecule has 0 fully saturated rings. The molecule has 17 heavy (non-hydrogen) atoms. The van der Waals surface area contributed by atoms with Gasteiger partial charge in [-0.15, -0.1) is 5.10 Å². The molecule has 5 heteroatoms. The van der Waals surface area contributed by atoms with E-state index in [1.807, 2.05) is 30.3 Å². The molecule has 0 radical (unpaired) electrons. The van der Waals surface area contributed by atoms with Crippen molar-refractivity contribution in [1.82, 2.24) is 15.0 Å². The number of para-hydroxylation sites is 1. The minimum absolute atomic E-state index is 0.163. The Morgan fingerprint density at radius 2 is 2.00 bits per heavy atom. The number of benzene rings is 1. The normalized spacial score (nSPS) is 10.5. The lowest BCUT2D eigenvalue weighted by Gasteiger charge is -2.04. The third kappa shape index (κ3) is 2.69. The minimum atomic E-state index is -0.456. The van der Waals surface area contributed by atoms with Gasteiger partial charge in [-0.05, 0) is 26.0 Å². The smallest absolute Gasteiger partial charge is 0.360 e. The van der Waals surface area contributed by atoms with Crippen molar-refractivity contribution in [3.8, 4) is 5.69 Å². The zero-order valence-electron chi connectivity index (χ0n) is 9.70. The van der Waals surface area contributed by atoms with Gasteiger partial charge in [0.15, 0.2) is 5.69 Å². The van der Waals surface area contributed by atoms with Crippen LogP contribution in [0.5, 0.6) is 0 Å². The van der Waals surface area contributed by atoms with E-state index in [1.165, 1.54) is 11.0 Å². The summed E-state index contributed by atoms with van der Waals surface area (Å²) in [5, 5.41) is 8.08. The van der Waals surface area contributed by atoms with Crippen molar-refractivity contribution in [1.29, 1.82) is 0 Å². The van der Waals surface area contributed by atoms with Gasteiger partial charge in [-0.2, -0.15) is 9.90 Å². The molecule has 0 unspecified atom stereocenters. The molecule has 0 aliphatic rings. The van der Waals surface area contributed by atoms with Gasteiger partial charge >= 0.3 is 5.97 Å². The highest BCUT2D eigenvalue weighted by atomic mass is 16.5. The number of ether oxygens (including phenoxy) is 1. The molecule has 1 aromatic carbocycles. The number of carbonyl (C=O) groups excluding carboxylic acids is 1. The van der Waals surface area contributed by atoms with Crippen molar-refractivity contribution < 1.29 is 9.53 Å². The molecule has 0 atom stereocenters. The van der Waals surface area contributed by atoms with Crippen molar-refractivity contribution in [2.24, 2.45) is 0 Å². The van der Waals surface area contributed by atoms with E-state index in [-0.39, 0.29) is 11.8 Å². The number of esters is 1. The summed E-state index contributed by atoms with van der Waals surface area (Å²) in [4.78, 5) is 13.0. The first kappa shape index (κ1) is 11.3. The predicted octanol–water partition coefficient (Wildman–Crippen LogP) is 1.83. The van der Waals surface area contributed by atoms with E-state index in [2.05, 4.69) is 10.2 Å². The number of carbonyl (C=O) groups is 1. The molecule has 2 aromatic rings. The zero-order chi connectivity index (χ0) is 12.3. The van der Waals surface area contributed by atoms with Crippen LogP contribution >= 0.6 is 0 Å². The Balaban J connectivity index is 2.19. The van der Waals surface area contributed by atoms with E-state index in [1.54, 1.807) is 13.8 Å². The molecule has 5 nitrogen and oxygen atoms in total. The van der Waals surface area contributed by atoms with Gasteiger partial charge < -0.3 is 4.74 Å². The van der Waals surface area contributed by atoms with Crippen molar-refractivity contribution in [2.75, 3.05) is 0 Å². The van der Waals surface area contributed by atoms with E-state index in [9.17, 15) is 4.79 Å². The van der Waals surface area contributed by atoms with Crippen LogP contribution in [-0.4, -0.2) is 27.1 Å². The highest BCUT2D eigenvalue weighted by molar-refractivity contribution is 5.86. The Morgan fingerprint density at radius 3 is 2.65 bits per heavy atom. The number of aromatic nitrogens is 3. The Hall–Kier alpha value is -2.17. The van der Waals surface area contributed by atoms with Gasteiger partial charge in [-0.25, -0.2) is 4.79 Å². The summed E-state index contributed by atoms with van der Waals surface area (Å²) >= 11 is 0. The van der Waals surface area contributed by atoms with Crippen LogP contribution in [0.15, 0.2) is 36.5 Å². The lowest BCUT2D eigenvalue weighted by atomic mass is 10.3. The number of nitrogens with zero attached hydrogens (tertiary/aromatic N) is 3. The summed E-state index contributed by atoms with van der Waals surface area (Å²) in [5.41, 5.74) is 1.01. The van der Waals surface area contributed by atoms with Crippen molar-refractivity contribution >= 4 is 5.97 Å². The summed E-state index contributed by atoms with van der Waals surface area (Å²) in [5.74, 6) is -0.456. The quantitative estimate of drug-likeness (QED) is 0.756. The van der Waals surface area contributed by atoms with Crippen LogP contribution in [0.2, 0.25) is 0 Å². The lowest BCUT2D eigenvalue weighted by Crippen LogP contribution is -2.12. The molecule has 1 aromatic heterocycles. The van der Waals surface area contributed by atoms with Crippen molar-refractivity contribution in [3.63, 3.8) is 0 Å². The van der Waals surface area contributed by atoms with Crippen LogP contribution in [0.1, 0.15) is 24.3 Å². The fourth-order valence-electron chi connectivity index (χ4n) is 1.32. The molecule has 0 aliphatic carbocycles. The van der Waals surface area contributed by atoms with E-state index in [0.29, 0.717) is 0 Å². The molecule has 0 N–H and O–H groups in total. The van der Waals surface area contributed by atoms with Gasteiger partial charge in [-0.1, -0.05) is 18.2 Å². The zero-order valence-corrected chi connectivity index (χ0v) is 9.70. The third-order valence-corrected chi connectivity index (χ3v) is 2.03. The number of hydrogen-bond acceptors (Lipinski definition) is 4. The second kappa shape index (κ2) is 4.78. The summed E-state index contributed by atoms with van der Waals surface area (Å²) < 4.78 is 5.03. The van der Waals surface area contributed by atoms with E-state index < -0.39 is 5.97 Å². The molecular formula is C12H13N3O2. The standard InChI is InChI=1S/C12H13N3O2/c1-9(2)17-12(16)11-8-13-15(14-11)10-6-4-3-5-7-10/h3-9H,1-2H3. The minimum Gasteiger partial charge on any atom is -0.458 e. The second-order valence-electron chi connectivity index (χ2n) is 3.81. The molecule has 2 rings (SSSR count). The van der Waals surface area contributed by atoms with E-state index in [4.69, 9.17) is 4.74 Å². The SMILES string of the molecule is CC(C)OC(=O)c1cnn(-c2ccccc2)n1. The first-order valence-corrected chi connectivity index (χ1v) is 5.35. The largest absolute Gasteiger partial charge is 0.458 e. The first-order chi connectivity index (χ1) is 8.16.